The quantitative estimate of drug-likeness (QED) is 0.708. The highest BCUT2D eigenvalue weighted by Gasteiger charge is 2.20. The molecule has 1 aromatic rings. The summed E-state index contributed by atoms with van der Waals surface area (Å²) in [5, 5.41) is 5.58. The Morgan fingerprint density at radius 2 is 1.74 bits per heavy atom. The van der Waals surface area contributed by atoms with Crippen molar-refractivity contribution in [2.24, 2.45) is 0 Å². The first-order valence-corrected chi connectivity index (χ1v) is 9.31. The first-order valence-electron chi connectivity index (χ1n) is 9.31. The molecule has 0 aromatic heterocycles. The molecule has 0 atom stereocenters. The molecule has 0 radical (unpaired) electrons. The molecule has 1 fully saturated rings. The van der Waals surface area contributed by atoms with Crippen LogP contribution in [0.4, 0.5) is 5.69 Å². The van der Waals surface area contributed by atoms with Crippen LogP contribution in [-0.2, 0) is 14.4 Å². The topological polar surface area (TPSA) is 81.8 Å². The molecule has 0 unspecified atom stereocenters. The second kappa shape index (κ2) is 10.5. The second-order valence-corrected chi connectivity index (χ2v) is 6.59. The van der Waals surface area contributed by atoms with Gasteiger partial charge in [-0.05, 0) is 30.2 Å². The lowest BCUT2D eigenvalue weighted by Gasteiger charge is -2.33. The Kier molecular flexibility index (Phi) is 8.00. The lowest BCUT2D eigenvalue weighted by molar-refractivity contribution is -0.128. The van der Waals surface area contributed by atoms with Crippen LogP contribution in [0.1, 0.15) is 25.8 Å². The zero-order valence-electron chi connectivity index (χ0n) is 16.0. The van der Waals surface area contributed by atoms with Crippen LogP contribution in [0.5, 0.6) is 0 Å². The molecule has 7 heteroatoms. The first-order chi connectivity index (χ1) is 13.0. The van der Waals surface area contributed by atoms with Crippen LogP contribution in [0, 0.1) is 0 Å². The number of nitrogens with one attached hydrogen (secondary N) is 2. The van der Waals surface area contributed by atoms with E-state index in [-0.39, 0.29) is 17.7 Å². The molecular weight excluding hydrogens is 344 g/mol. The Hall–Kier alpha value is -2.67. The van der Waals surface area contributed by atoms with Crippen molar-refractivity contribution < 1.29 is 14.4 Å². The standard InChI is InChI=1S/C20H28N4O3/c1-3-10-21-19(26)15-23-11-13-24(14-12-23)20(27)9-6-17-4-7-18(8-5-17)22-16(2)25/h4-9H,3,10-15H2,1-2H3,(H,21,26)(H,22,25)/b9-6+. The summed E-state index contributed by atoms with van der Waals surface area (Å²) in [7, 11) is 0. The van der Waals surface area contributed by atoms with Gasteiger partial charge in [0, 0.05) is 51.4 Å². The molecule has 0 spiro atoms. The van der Waals surface area contributed by atoms with Crippen molar-refractivity contribution in [3.05, 3.63) is 35.9 Å². The van der Waals surface area contributed by atoms with E-state index in [1.54, 1.807) is 29.2 Å². The minimum absolute atomic E-state index is 0.0315. The van der Waals surface area contributed by atoms with Crippen LogP contribution >= 0.6 is 0 Å². The van der Waals surface area contributed by atoms with E-state index in [9.17, 15) is 14.4 Å². The van der Waals surface area contributed by atoms with E-state index >= 15 is 0 Å². The van der Waals surface area contributed by atoms with Crippen LogP contribution in [0.3, 0.4) is 0 Å². The molecule has 2 N–H and O–H groups in total. The first kappa shape index (κ1) is 20.6. The maximum atomic E-state index is 12.3. The molecule has 1 aliphatic rings. The summed E-state index contributed by atoms with van der Waals surface area (Å²) in [6, 6.07) is 7.30. The Bertz CT molecular complexity index is 677. The van der Waals surface area contributed by atoms with Crippen LogP contribution in [0.15, 0.2) is 30.3 Å². The highest BCUT2D eigenvalue weighted by Crippen LogP contribution is 2.11. The lowest BCUT2D eigenvalue weighted by Crippen LogP contribution is -2.50. The van der Waals surface area contributed by atoms with Gasteiger partial charge in [-0.15, -0.1) is 0 Å². The molecule has 146 valence electrons. The summed E-state index contributed by atoms with van der Waals surface area (Å²) < 4.78 is 0. The van der Waals surface area contributed by atoms with Crippen molar-refractivity contribution in [2.45, 2.75) is 20.3 Å². The average molecular weight is 372 g/mol. The van der Waals surface area contributed by atoms with Gasteiger partial charge in [-0.2, -0.15) is 0 Å². The summed E-state index contributed by atoms with van der Waals surface area (Å²) >= 11 is 0. The molecule has 2 rings (SSSR count). The summed E-state index contributed by atoms with van der Waals surface area (Å²) in [5.41, 5.74) is 1.62. The fraction of sp³-hybridized carbons (Fsp3) is 0.450. The molecule has 27 heavy (non-hydrogen) atoms. The fourth-order valence-electron chi connectivity index (χ4n) is 2.80. The minimum atomic E-state index is -0.115. The highest BCUT2D eigenvalue weighted by atomic mass is 16.2. The highest BCUT2D eigenvalue weighted by molar-refractivity contribution is 5.92. The molecule has 0 aliphatic carbocycles. The lowest BCUT2D eigenvalue weighted by atomic mass is 10.2. The minimum Gasteiger partial charge on any atom is -0.355 e. The molecular formula is C20H28N4O3. The molecule has 0 bridgehead atoms. The van der Waals surface area contributed by atoms with Gasteiger partial charge in [0.25, 0.3) is 0 Å². The van der Waals surface area contributed by atoms with E-state index in [2.05, 4.69) is 15.5 Å². The van der Waals surface area contributed by atoms with Crippen molar-refractivity contribution >= 4 is 29.5 Å². The number of hydrogen-bond acceptors (Lipinski definition) is 4. The van der Waals surface area contributed by atoms with Gasteiger partial charge in [-0.1, -0.05) is 19.1 Å². The largest absolute Gasteiger partial charge is 0.355 e. The van der Waals surface area contributed by atoms with Crippen LogP contribution in [0.25, 0.3) is 6.08 Å². The number of hydrogen-bond donors (Lipinski definition) is 2. The normalized spacial score (nSPS) is 15.0. The van der Waals surface area contributed by atoms with E-state index < -0.39 is 0 Å². The van der Waals surface area contributed by atoms with Crippen LogP contribution < -0.4 is 10.6 Å². The van der Waals surface area contributed by atoms with E-state index in [0.29, 0.717) is 39.3 Å². The third-order valence-electron chi connectivity index (χ3n) is 4.27. The van der Waals surface area contributed by atoms with Gasteiger partial charge in [0.15, 0.2) is 0 Å². The molecule has 1 aromatic carbocycles. The Balaban J connectivity index is 1.77. The molecule has 1 aliphatic heterocycles. The van der Waals surface area contributed by atoms with Gasteiger partial charge < -0.3 is 15.5 Å². The van der Waals surface area contributed by atoms with E-state index in [1.807, 2.05) is 19.1 Å². The van der Waals surface area contributed by atoms with Gasteiger partial charge in [0.2, 0.25) is 17.7 Å². The number of rotatable bonds is 7. The number of anilines is 1. The van der Waals surface area contributed by atoms with Crippen molar-refractivity contribution in [3.63, 3.8) is 0 Å². The molecule has 3 amide bonds. The number of carbonyl (C=O) groups excluding carboxylic acids is 3. The summed E-state index contributed by atoms with van der Waals surface area (Å²) in [6.07, 6.45) is 4.26. The van der Waals surface area contributed by atoms with E-state index in [4.69, 9.17) is 0 Å². The Labute approximate surface area is 160 Å². The van der Waals surface area contributed by atoms with Crippen molar-refractivity contribution in [1.29, 1.82) is 0 Å². The number of carbonyl (C=O) groups is 3. The van der Waals surface area contributed by atoms with Gasteiger partial charge in [0.05, 0.1) is 6.54 Å². The molecule has 1 heterocycles. The maximum absolute atomic E-state index is 12.3. The van der Waals surface area contributed by atoms with Crippen molar-refractivity contribution in [2.75, 3.05) is 44.6 Å². The fourth-order valence-corrected chi connectivity index (χ4v) is 2.80. The Morgan fingerprint density at radius 1 is 1.07 bits per heavy atom. The summed E-state index contributed by atoms with van der Waals surface area (Å²) in [6.45, 7) is 7.21. The Morgan fingerprint density at radius 3 is 2.33 bits per heavy atom. The third kappa shape index (κ3) is 7.22. The number of benzene rings is 1. The van der Waals surface area contributed by atoms with Gasteiger partial charge in [0.1, 0.15) is 0 Å². The van der Waals surface area contributed by atoms with Crippen molar-refractivity contribution in [3.8, 4) is 0 Å². The van der Waals surface area contributed by atoms with Crippen molar-refractivity contribution in [1.82, 2.24) is 15.1 Å². The zero-order valence-corrected chi connectivity index (χ0v) is 16.0. The predicted molar refractivity (Wildman–Crippen MR) is 106 cm³/mol. The summed E-state index contributed by atoms with van der Waals surface area (Å²) in [5.74, 6) is -0.106. The van der Waals surface area contributed by atoms with Gasteiger partial charge in [-0.25, -0.2) is 0 Å². The van der Waals surface area contributed by atoms with Gasteiger partial charge >= 0.3 is 0 Å². The average Bonchev–Trinajstić information content (AvgIpc) is 2.65. The third-order valence-corrected chi connectivity index (χ3v) is 4.27. The van der Waals surface area contributed by atoms with Gasteiger partial charge in [-0.3, -0.25) is 19.3 Å². The van der Waals surface area contributed by atoms with Crippen LogP contribution in [-0.4, -0.2) is 66.8 Å². The second-order valence-electron chi connectivity index (χ2n) is 6.59. The smallest absolute Gasteiger partial charge is 0.246 e. The maximum Gasteiger partial charge on any atom is 0.246 e. The van der Waals surface area contributed by atoms with E-state index in [0.717, 1.165) is 17.7 Å². The summed E-state index contributed by atoms with van der Waals surface area (Å²) in [4.78, 5) is 39.0. The monoisotopic (exact) mass is 372 g/mol. The number of piperazine rings is 1. The number of amides is 3. The molecule has 0 saturated carbocycles. The zero-order chi connectivity index (χ0) is 19.6. The molecule has 7 nitrogen and oxygen atoms in total. The SMILES string of the molecule is CCCNC(=O)CN1CCN(C(=O)/C=C/c2ccc(NC(C)=O)cc2)CC1. The molecule has 1 saturated heterocycles. The number of nitrogens with zero attached hydrogens (tertiary/aromatic N) is 2. The van der Waals surface area contributed by atoms with E-state index in [1.165, 1.54) is 6.92 Å². The van der Waals surface area contributed by atoms with Crippen LogP contribution in [0.2, 0.25) is 0 Å². The predicted octanol–water partition coefficient (Wildman–Crippen LogP) is 1.33.